The van der Waals surface area contributed by atoms with E-state index < -0.39 is 15.8 Å². The van der Waals surface area contributed by atoms with Crippen LogP contribution in [-0.4, -0.2) is 21.5 Å². The first-order chi connectivity index (χ1) is 9.04. The number of carbonyl (C=O) groups is 1. The highest BCUT2D eigenvalue weighted by Gasteiger charge is 2.20. The predicted octanol–water partition coefficient (Wildman–Crippen LogP) is 2.51. The van der Waals surface area contributed by atoms with Crippen LogP contribution < -0.4 is 0 Å². The first-order valence-electron chi connectivity index (χ1n) is 5.47. The van der Waals surface area contributed by atoms with Crippen LogP contribution in [0.1, 0.15) is 15.9 Å². The van der Waals surface area contributed by atoms with E-state index in [4.69, 9.17) is 0 Å². The van der Waals surface area contributed by atoms with Crippen molar-refractivity contribution in [3.05, 3.63) is 52.9 Å². The summed E-state index contributed by atoms with van der Waals surface area (Å²) in [4.78, 5) is 11.6. The molecule has 0 bridgehead atoms. The summed E-state index contributed by atoms with van der Waals surface area (Å²) in [6, 6.07) is 9.80. The number of hydrogen-bond donors (Lipinski definition) is 0. The van der Waals surface area contributed by atoms with Gasteiger partial charge in [-0.05, 0) is 23.1 Å². The molecule has 0 saturated heterocycles. The Morgan fingerprint density at radius 2 is 1.95 bits per heavy atom. The van der Waals surface area contributed by atoms with Gasteiger partial charge in [0.1, 0.15) is 4.21 Å². The van der Waals surface area contributed by atoms with Crippen molar-refractivity contribution < 1.29 is 17.9 Å². The monoisotopic (exact) mass is 296 g/mol. The Labute approximate surface area is 115 Å². The Morgan fingerprint density at radius 1 is 1.21 bits per heavy atom. The van der Waals surface area contributed by atoms with Gasteiger partial charge in [-0.25, -0.2) is 13.2 Å². The number of thiophene rings is 1. The first-order valence-corrected chi connectivity index (χ1v) is 8.00. The Morgan fingerprint density at radius 3 is 2.58 bits per heavy atom. The van der Waals surface area contributed by atoms with Crippen LogP contribution in [0.2, 0.25) is 0 Å². The van der Waals surface area contributed by atoms with Gasteiger partial charge < -0.3 is 4.74 Å². The van der Waals surface area contributed by atoms with Gasteiger partial charge in [0.2, 0.25) is 0 Å². The molecule has 0 radical (unpaired) electrons. The molecule has 0 saturated carbocycles. The molecule has 0 spiro atoms. The van der Waals surface area contributed by atoms with Gasteiger partial charge in [0, 0.05) is 0 Å². The van der Waals surface area contributed by atoms with Gasteiger partial charge in [-0.2, -0.15) is 0 Å². The molecule has 0 atom stereocenters. The Balaban J connectivity index is 2.37. The minimum atomic E-state index is -3.42. The van der Waals surface area contributed by atoms with E-state index in [2.05, 4.69) is 4.74 Å². The normalized spacial score (nSPS) is 11.2. The quantitative estimate of drug-likeness (QED) is 0.813. The van der Waals surface area contributed by atoms with Crippen LogP contribution in [-0.2, 0) is 20.3 Å². The van der Waals surface area contributed by atoms with Crippen molar-refractivity contribution >= 4 is 27.1 Å². The minimum absolute atomic E-state index is 0.210. The number of rotatable bonds is 4. The number of benzene rings is 1. The fraction of sp³-hybridized carbons (Fsp3) is 0.154. The number of carbonyl (C=O) groups excluding carboxylic acids is 1. The van der Waals surface area contributed by atoms with E-state index >= 15 is 0 Å². The third-order valence-corrected chi connectivity index (χ3v) is 5.72. The van der Waals surface area contributed by atoms with E-state index in [9.17, 15) is 13.2 Å². The van der Waals surface area contributed by atoms with Gasteiger partial charge in [0.05, 0.1) is 18.4 Å². The van der Waals surface area contributed by atoms with E-state index in [1.54, 1.807) is 41.8 Å². The van der Waals surface area contributed by atoms with Gasteiger partial charge in [-0.3, -0.25) is 0 Å². The maximum atomic E-state index is 12.2. The van der Waals surface area contributed by atoms with Crippen molar-refractivity contribution in [2.75, 3.05) is 7.11 Å². The fourth-order valence-electron chi connectivity index (χ4n) is 1.67. The molecule has 4 nitrogen and oxygen atoms in total. The zero-order valence-electron chi connectivity index (χ0n) is 10.2. The van der Waals surface area contributed by atoms with Crippen LogP contribution in [0.4, 0.5) is 0 Å². The van der Waals surface area contributed by atoms with Crippen molar-refractivity contribution in [1.29, 1.82) is 0 Å². The maximum absolute atomic E-state index is 12.2. The molecule has 0 aliphatic rings. The van der Waals surface area contributed by atoms with Crippen molar-refractivity contribution in [2.45, 2.75) is 9.96 Å². The molecule has 0 fully saturated rings. The Bertz CT molecular complexity index is 672. The smallest absolute Gasteiger partial charge is 0.338 e. The number of ether oxygens (including phenoxy) is 1. The number of sulfone groups is 1. The van der Waals surface area contributed by atoms with E-state index in [0.717, 1.165) is 11.3 Å². The van der Waals surface area contributed by atoms with Crippen molar-refractivity contribution in [1.82, 2.24) is 0 Å². The largest absolute Gasteiger partial charge is 0.465 e. The molecule has 0 aliphatic carbocycles. The molecule has 2 aromatic rings. The number of methoxy groups -OCH3 is 1. The van der Waals surface area contributed by atoms with Gasteiger partial charge in [0.15, 0.2) is 9.84 Å². The molecule has 6 heteroatoms. The average Bonchev–Trinajstić information content (AvgIpc) is 2.93. The maximum Gasteiger partial charge on any atom is 0.338 e. The van der Waals surface area contributed by atoms with Crippen LogP contribution in [0.3, 0.4) is 0 Å². The number of hydrogen-bond acceptors (Lipinski definition) is 5. The van der Waals surface area contributed by atoms with Crippen LogP contribution in [0, 0.1) is 0 Å². The second-order valence-electron chi connectivity index (χ2n) is 3.84. The standard InChI is InChI=1S/C13H12O4S2/c1-17-13(14)11-6-3-2-5-10(11)9-19(15,16)12-7-4-8-18-12/h2-8H,9H2,1H3. The third-order valence-electron chi connectivity index (χ3n) is 2.57. The summed E-state index contributed by atoms with van der Waals surface area (Å²) in [6.45, 7) is 0. The molecule has 1 aromatic carbocycles. The second-order valence-corrected chi connectivity index (χ2v) is 7.00. The summed E-state index contributed by atoms with van der Waals surface area (Å²) in [7, 11) is -2.15. The average molecular weight is 296 g/mol. The van der Waals surface area contributed by atoms with Gasteiger partial charge in [-0.1, -0.05) is 24.3 Å². The fourth-order valence-corrected chi connectivity index (χ4v) is 4.14. The molecule has 2 rings (SSSR count). The highest BCUT2D eigenvalue weighted by atomic mass is 32.2. The van der Waals surface area contributed by atoms with Crippen molar-refractivity contribution in [2.24, 2.45) is 0 Å². The van der Waals surface area contributed by atoms with Crippen LogP contribution >= 0.6 is 11.3 Å². The van der Waals surface area contributed by atoms with Crippen molar-refractivity contribution in [3.63, 3.8) is 0 Å². The lowest BCUT2D eigenvalue weighted by Crippen LogP contribution is -2.10. The van der Waals surface area contributed by atoms with Crippen molar-refractivity contribution in [3.8, 4) is 0 Å². The highest BCUT2D eigenvalue weighted by molar-refractivity contribution is 7.92. The highest BCUT2D eigenvalue weighted by Crippen LogP contribution is 2.23. The SMILES string of the molecule is COC(=O)c1ccccc1CS(=O)(=O)c1cccs1. The van der Waals surface area contributed by atoms with Crippen LogP contribution in [0.5, 0.6) is 0 Å². The molecular formula is C13H12O4S2. The first kappa shape index (κ1) is 13.8. The summed E-state index contributed by atoms with van der Waals surface area (Å²) in [5.41, 5.74) is 0.730. The Hall–Kier alpha value is -1.66. The van der Waals surface area contributed by atoms with E-state index in [1.165, 1.54) is 7.11 Å². The summed E-state index contributed by atoms with van der Waals surface area (Å²) >= 11 is 1.16. The molecular weight excluding hydrogens is 284 g/mol. The van der Waals surface area contributed by atoms with E-state index in [1.807, 2.05) is 0 Å². The molecule has 1 aromatic heterocycles. The van der Waals surface area contributed by atoms with Crippen LogP contribution in [0.25, 0.3) is 0 Å². The second kappa shape index (κ2) is 5.54. The van der Waals surface area contributed by atoms with Gasteiger partial charge in [0.25, 0.3) is 0 Å². The summed E-state index contributed by atoms with van der Waals surface area (Å²) in [6.07, 6.45) is 0. The Kier molecular flexibility index (Phi) is 4.01. The van der Waals surface area contributed by atoms with E-state index in [-0.39, 0.29) is 11.3 Å². The lowest BCUT2D eigenvalue weighted by molar-refractivity contribution is 0.0600. The minimum Gasteiger partial charge on any atom is -0.465 e. The molecule has 0 aliphatic heterocycles. The van der Waals surface area contributed by atoms with E-state index in [0.29, 0.717) is 9.77 Å². The molecule has 100 valence electrons. The van der Waals surface area contributed by atoms with Gasteiger partial charge >= 0.3 is 5.97 Å². The zero-order chi connectivity index (χ0) is 13.9. The lowest BCUT2D eigenvalue weighted by atomic mass is 10.1. The zero-order valence-corrected chi connectivity index (χ0v) is 11.8. The van der Waals surface area contributed by atoms with Crippen LogP contribution in [0.15, 0.2) is 46.0 Å². The van der Waals surface area contributed by atoms with Gasteiger partial charge in [-0.15, -0.1) is 11.3 Å². The molecule has 0 amide bonds. The summed E-state index contributed by atoms with van der Waals surface area (Å²) in [5, 5.41) is 1.71. The lowest BCUT2D eigenvalue weighted by Gasteiger charge is -2.07. The molecule has 1 heterocycles. The predicted molar refractivity (Wildman–Crippen MR) is 73.0 cm³/mol. The molecule has 0 N–H and O–H groups in total. The number of esters is 1. The molecule has 0 unspecified atom stereocenters. The summed E-state index contributed by atoms with van der Waals surface area (Å²) in [5.74, 6) is -0.740. The third kappa shape index (κ3) is 3.02. The molecule has 19 heavy (non-hydrogen) atoms. The summed E-state index contributed by atoms with van der Waals surface area (Å²) < 4.78 is 29.3. The topological polar surface area (TPSA) is 60.4 Å².